The van der Waals surface area contributed by atoms with Crippen LogP contribution in [0.2, 0.25) is 0 Å². The highest BCUT2D eigenvalue weighted by atomic mass is 16.4. The average molecular weight is 335 g/mol. The fourth-order valence-electron chi connectivity index (χ4n) is 2.77. The lowest BCUT2D eigenvalue weighted by molar-refractivity contribution is -0.311. The first-order valence-corrected chi connectivity index (χ1v) is 8.61. The van der Waals surface area contributed by atoms with Crippen LogP contribution in [0.15, 0.2) is 65.1 Å². The molecule has 1 aromatic heterocycles. The van der Waals surface area contributed by atoms with Crippen LogP contribution in [0.5, 0.6) is 0 Å². The van der Waals surface area contributed by atoms with E-state index in [2.05, 4.69) is 5.73 Å². The molecule has 0 aliphatic carbocycles. The van der Waals surface area contributed by atoms with E-state index in [1.165, 1.54) is 0 Å². The fraction of sp³-hybridized carbons (Fsp3) is 0.238. The van der Waals surface area contributed by atoms with Gasteiger partial charge in [-0.05, 0) is 19.8 Å². The summed E-state index contributed by atoms with van der Waals surface area (Å²) >= 11 is 0. The van der Waals surface area contributed by atoms with E-state index in [0.717, 1.165) is 35.4 Å². The van der Waals surface area contributed by atoms with E-state index >= 15 is 0 Å². The highest BCUT2D eigenvalue weighted by Gasteiger charge is 2.17. The van der Waals surface area contributed by atoms with Crippen molar-refractivity contribution >= 4 is 5.91 Å². The minimum Gasteiger partial charge on any atom is -0.440 e. The van der Waals surface area contributed by atoms with Gasteiger partial charge in [0, 0.05) is 17.5 Å². The van der Waals surface area contributed by atoms with Crippen LogP contribution in [0.1, 0.15) is 25.7 Å². The Bertz CT molecular complexity index is 769. The van der Waals surface area contributed by atoms with Crippen molar-refractivity contribution in [2.75, 3.05) is 0 Å². The van der Waals surface area contributed by atoms with Gasteiger partial charge in [-0.3, -0.25) is 5.73 Å². The van der Waals surface area contributed by atoms with Crippen molar-refractivity contribution in [1.82, 2.24) is 4.98 Å². The molecule has 0 aliphatic rings. The van der Waals surface area contributed by atoms with E-state index < -0.39 is 0 Å². The molecule has 0 fully saturated rings. The first kappa shape index (κ1) is 17.1. The summed E-state index contributed by atoms with van der Waals surface area (Å²) in [6.07, 6.45) is 2.36. The Labute approximate surface area is 147 Å². The largest absolute Gasteiger partial charge is 0.440 e. The van der Waals surface area contributed by atoms with Crippen LogP contribution in [-0.4, -0.2) is 10.9 Å². The zero-order valence-corrected chi connectivity index (χ0v) is 14.4. The number of quaternary nitrogens is 1. The summed E-state index contributed by atoms with van der Waals surface area (Å²) in [6, 6.07) is 20.1. The average Bonchev–Trinajstić information content (AvgIpc) is 3.07. The maximum absolute atomic E-state index is 11.3. The third kappa shape index (κ3) is 4.22. The van der Waals surface area contributed by atoms with Crippen molar-refractivity contribution in [3.8, 4) is 22.6 Å². The van der Waals surface area contributed by atoms with Crippen LogP contribution in [0.4, 0.5) is 0 Å². The van der Waals surface area contributed by atoms with Gasteiger partial charge in [0.25, 0.3) is 0 Å². The van der Waals surface area contributed by atoms with Crippen molar-refractivity contribution in [1.29, 1.82) is 0 Å². The molecule has 1 atom stereocenters. The molecule has 25 heavy (non-hydrogen) atoms. The number of hydrogen-bond acceptors (Lipinski definition) is 3. The highest BCUT2D eigenvalue weighted by molar-refractivity contribution is 5.76. The summed E-state index contributed by atoms with van der Waals surface area (Å²) in [7, 11) is 0. The summed E-state index contributed by atoms with van der Waals surface area (Å²) in [4.78, 5) is 16.0. The quantitative estimate of drug-likeness (QED) is 0.715. The van der Waals surface area contributed by atoms with Gasteiger partial charge in [-0.2, -0.15) is 0 Å². The van der Waals surface area contributed by atoms with Crippen molar-refractivity contribution in [2.24, 2.45) is 5.92 Å². The maximum Gasteiger partial charge on any atom is 0.311 e. The van der Waals surface area contributed by atoms with Gasteiger partial charge in [0.2, 0.25) is 0 Å². The molecule has 0 aliphatic heterocycles. The maximum atomic E-state index is 11.3. The number of carbonyl (C=O) groups excluding carboxylic acids is 1. The number of hydrogen-bond donors (Lipinski definition) is 1. The standard InChI is InChI=1S/C21H22N2O2/c1-15(21(22)24)9-8-14-18-23-19(16-10-4-2-5-11-16)20(25-18)17-12-6-3-7-13-17/h2-7,10-13,15H,8-9,14H2,1H3,(H2,22,24)/p+1. The van der Waals surface area contributed by atoms with Crippen molar-refractivity contribution in [3.63, 3.8) is 0 Å². The molecule has 0 bridgehead atoms. The van der Waals surface area contributed by atoms with E-state index in [9.17, 15) is 4.79 Å². The third-order valence-electron chi connectivity index (χ3n) is 4.33. The molecule has 0 radical (unpaired) electrons. The van der Waals surface area contributed by atoms with E-state index in [0.29, 0.717) is 12.3 Å². The van der Waals surface area contributed by atoms with Crippen molar-refractivity contribution in [3.05, 3.63) is 66.6 Å². The Morgan fingerprint density at radius 3 is 2.24 bits per heavy atom. The fourth-order valence-corrected chi connectivity index (χ4v) is 2.77. The lowest BCUT2D eigenvalue weighted by Crippen LogP contribution is -2.59. The molecule has 3 aromatic rings. The molecular formula is C21H23N2O2+. The zero-order valence-electron chi connectivity index (χ0n) is 14.4. The molecule has 4 nitrogen and oxygen atoms in total. The minimum absolute atomic E-state index is 0.0117. The summed E-state index contributed by atoms with van der Waals surface area (Å²) in [6.45, 7) is 1.91. The molecule has 2 aromatic carbocycles. The number of carbonyl (C=O) groups is 1. The van der Waals surface area contributed by atoms with Crippen LogP contribution in [0, 0.1) is 5.92 Å². The topological polar surface area (TPSA) is 70.7 Å². The molecule has 0 saturated heterocycles. The van der Waals surface area contributed by atoms with Gasteiger partial charge in [0.1, 0.15) is 5.69 Å². The normalized spacial score (nSPS) is 12.1. The monoisotopic (exact) mass is 335 g/mol. The summed E-state index contributed by atoms with van der Waals surface area (Å²) in [5.74, 6) is 1.48. The Balaban J connectivity index is 1.86. The molecule has 0 saturated carbocycles. The molecular weight excluding hydrogens is 312 g/mol. The second-order valence-electron chi connectivity index (χ2n) is 6.28. The number of aromatic nitrogens is 1. The second-order valence-corrected chi connectivity index (χ2v) is 6.28. The molecule has 0 spiro atoms. The summed E-state index contributed by atoms with van der Waals surface area (Å²) in [5.41, 5.74) is 6.40. The van der Waals surface area contributed by atoms with Crippen LogP contribution in [0.3, 0.4) is 0 Å². The lowest BCUT2D eigenvalue weighted by Gasteiger charge is -2.02. The van der Waals surface area contributed by atoms with Gasteiger partial charge >= 0.3 is 5.91 Å². The van der Waals surface area contributed by atoms with Gasteiger partial charge in [-0.15, -0.1) is 0 Å². The Hall–Kier alpha value is -2.72. The first-order valence-electron chi connectivity index (χ1n) is 8.61. The second kappa shape index (κ2) is 7.90. The van der Waals surface area contributed by atoms with Crippen LogP contribution in [0.25, 0.3) is 22.6 Å². The third-order valence-corrected chi connectivity index (χ3v) is 4.33. The smallest absolute Gasteiger partial charge is 0.311 e. The minimum atomic E-state index is -0.0165. The highest BCUT2D eigenvalue weighted by Crippen LogP contribution is 2.32. The van der Waals surface area contributed by atoms with Gasteiger partial charge in [0.15, 0.2) is 11.7 Å². The number of aryl methyl sites for hydroxylation is 1. The van der Waals surface area contributed by atoms with Crippen molar-refractivity contribution < 1.29 is 14.9 Å². The number of benzene rings is 2. The summed E-state index contributed by atoms with van der Waals surface area (Å²) in [5, 5.41) is 0. The Morgan fingerprint density at radius 1 is 1.04 bits per heavy atom. The molecule has 1 amide bonds. The SMILES string of the molecule is CC(CCCc1nc(-c2ccccc2)c(-c2ccccc2)o1)C([NH3+])=O. The molecule has 3 N–H and O–H groups in total. The van der Waals surface area contributed by atoms with Gasteiger partial charge in [0.05, 0.1) is 5.92 Å². The van der Waals surface area contributed by atoms with E-state index in [4.69, 9.17) is 9.40 Å². The molecule has 1 unspecified atom stereocenters. The van der Waals surface area contributed by atoms with Crippen LogP contribution >= 0.6 is 0 Å². The molecule has 4 heteroatoms. The molecule has 1 heterocycles. The zero-order chi connectivity index (χ0) is 17.6. The number of amides is 1. The van der Waals surface area contributed by atoms with Gasteiger partial charge < -0.3 is 4.42 Å². The summed E-state index contributed by atoms with van der Waals surface area (Å²) < 4.78 is 6.09. The first-order chi connectivity index (χ1) is 12.1. The Morgan fingerprint density at radius 2 is 1.64 bits per heavy atom. The number of oxazole rings is 1. The van der Waals surface area contributed by atoms with Crippen molar-refractivity contribution in [2.45, 2.75) is 26.2 Å². The van der Waals surface area contributed by atoms with E-state index in [1.54, 1.807) is 0 Å². The predicted octanol–water partition coefficient (Wildman–Crippen LogP) is 3.74. The van der Waals surface area contributed by atoms with Gasteiger partial charge in [-0.25, -0.2) is 9.78 Å². The van der Waals surface area contributed by atoms with Crippen LogP contribution < -0.4 is 5.73 Å². The number of rotatable bonds is 7. The molecule has 3 rings (SSSR count). The lowest BCUT2D eigenvalue weighted by atomic mass is 10.0. The van der Waals surface area contributed by atoms with E-state index in [1.807, 2.05) is 67.6 Å². The van der Waals surface area contributed by atoms with E-state index in [-0.39, 0.29) is 11.8 Å². The molecule has 128 valence electrons. The Kier molecular flexibility index (Phi) is 5.41. The number of nitrogens with zero attached hydrogens (tertiary/aromatic N) is 1. The van der Waals surface area contributed by atoms with Gasteiger partial charge in [-0.1, -0.05) is 60.7 Å². The predicted molar refractivity (Wildman–Crippen MR) is 97.4 cm³/mol. The van der Waals surface area contributed by atoms with Crippen LogP contribution in [-0.2, 0) is 11.2 Å².